The van der Waals surface area contributed by atoms with E-state index in [-0.39, 0.29) is 10.8 Å². The van der Waals surface area contributed by atoms with Crippen LogP contribution in [0.4, 0.5) is 0 Å². The van der Waals surface area contributed by atoms with E-state index in [9.17, 15) is 8.42 Å². The first-order valence-corrected chi connectivity index (χ1v) is 11.9. The number of hydrogen-bond acceptors (Lipinski definition) is 6. The third kappa shape index (κ3) is 6.68. The number of aliphatic imine (C=N–C) groups is 1. The van der Waals surface area contributed by atoms with E-state index in [1.54, 1.807) is 35.9 Å². The number of nitrogens with zero attached hydrogens (tertiary/aromatic N) is 2. The molecule has 2 heterocycles. The van der Waals surface area contributed by atoms with Gasteiger partial charge in [0.25, 0.3) is 0 Å². The summed E-state index contributed by atoms with van der Waals surface area (Å²) in [6, 6.07) is 10.2. The number of furan rings is 1. The molecule has 0 saturated heterocycles. The number of benzene rings is 1. The van der Waals surface area contributed by atoms with Crippen molar-refractivity contribution in [1.29, 1.82) is 0 Å². The van der Waals surface area contributed by atoms with Gasteiger partial charge in [0.1, 0.15) is 5.76 Å². The second kappa shape index (κ2) is 10.4. The molecule has 3 rings (SSSR count). The maximum Gasteiger partial charge on any atom is 0.238 e. The predicted molar refractivity (Wildman–Crippen MR) is 118 cm³/mol. The second-order valence-electron chi connectivity index (χ2n) is 6.76. The molecule has 0 radical (unpaired) electrons. The molecule has 4 N–H and O–H groups in total. The normalized spacial score (nSPS) is 13.2. The minimum absolute atomic E-state index is 0.0856. The Morgan fingerprint density at radius 1 is 1.27 bits per heavy atom. The van der Waals surface area contributed by atoms with E-state index in [0.717, 1.165) is 22.8 Å². The average Bonchev–Trinajstić information content (AvgIpc) is 3.43. The van der Waals surface area contributed by atoms with E-state index in [2.05, 4.69) is 27.5 Å². The van der Waals surface area contributed by atoms with Crippen molar-refractivity contribution in [2.45, 2.75) is 30.7 Å². The zero-order valence-electron chi connectivity index (χ0n) is 16.6. The zero-order valence-corrected chi connectivity index (χ0v) is 18.2. The highest BCUT2D eigenvalue weighted by atomic mass is 32.2. The molecule has 0 fully saturated rings. The highest BCUT2D eigenvalue weighted by Crippen LogP contribution is 2.16. The lowest BCUT2D eigenvalue weighted by Gasteiger charge is -2.15. The Balaban J connectivity index is 1.62. The van der Waals surface area contributed by atoms with Crippen molar-refractivity contribution in [1.82, 2.24) is 15.6 Å². The topological polar surface area (TPSA) is 123 Å². The van der Waals surface area contributed by atoms with Gasteiger partial charge >= 0.3 is 0 Å². The minimum atomic E-state index is -3.70. The molecule has 0 amide bonds. The van der Waals surface area contributed by atoms with Gasteiger partial charge in [0.2, 0.25) is 10.0 Å². The Bertz CT molecular complexity index is 1030. The van der Waals surface area contributed by atoms with Crippen LogP contribution in [0, 0.1) is 0 Å². The SMILES string of the molecule is CC(CNC(=NCc1ccc(S(N)(=O)=O)cc1)NCCc1ccco1)c1nccs1. The quantitative estimate of drug-likeness (QED) is 0.342. The fourth-order valence-electron chi connectivity index (χ4n) is 2.70. The summed E-state index contributed by atoms with van der Waals surface area (Å²) in [5.74, 6) is 1.81. The monoisotopic (exact) mass is 447 g/mol. The van der Waals surface area contributed by atoms with Crippen molar-refractivity contribution >= 4 is 27.3 Å². The largest absolute Gasteiger partial charge is 0.469 e. The third-order valence-electron chi connectivity index (χ3n) is 4.36. The van der Waals surface area contributed by atoms with Crippen molar-refractivity contribution < 1.29 is 12.8 Å². The van der Waals surface area contributed by atoms with Crippen LogP contribution in [0.2, 0.25) is 0 Å². The molecule has 0 aliphatic carbocycles. The Morgan fingerprint density at radius 2 is 2.07 bits per heavy atom. The minimum Gasteiger partial charge on any atom is -0.469 e. The van der Waals surface area contributed by atoms with Crippen LogP contribution in [0.5, 0.6) is 0 Å². The van der Waals surface area contributed by atoms with Gasteiger partial charge in [-0.25, -0.2) is 23.5 Å². The number of primary sulfonamides is 1. The third-order valence-corrected chi connectivity index (χ3v) is 6.30. The van der Waals surface area contributed by atoms with Crippen LogP contribution in [0.15, 0.2) is 68.5 Å². The number of nitrogens with two attached hydrogens (primary N) is 1. The lowest BCUT2D eigenvalue weighted by molar-refractivity contribution is 0.506. The fourth-order valence-corrected chi connectivity index (χ4v) is 3.92. The highest BCUT2D eigenvalue weighted by Gasteiger charge is 2.10. The molecule has 0 aliphatic rings. The standard InChI is InChI=1S/C20H25N5O3S2/c1-15(19-22-10-12-29-19)13-24-20(23-9-8-17-3-2-11-28-17)25-14-16-4-6-18(7-5-16)30(21,26)27/h2-7,10-12,15H,8-9,13-14H2,1H3,(H2,21,26,27)(H2,23,24,25). The Kier molecular flexibility index (Phi) is 7.61. The van der Waals surface area contributed by atoms with Crippen LogP contribution in [0.1, 0.15) is 29.2 Å². The molecule has 0 spiro atoms. The van der Waals surface area contributed by atoms with Crippen LogP contribution in [0.25, 0.3) is 0 Å². The summed E-state index contributed by atoms with van der Waals surface area (Å²) in [6.45, 7) is 3.85. The van der Waals surface area contributed by atoms with Crippen LogP contribution in [-0.4, -0.2) is 32.5 Å². The molecule has 0 aliphatic heterocycles. The first-order valence-electron chi connectivity index (χ1n) is 9.47. The summed E-state index contributed by atoms with van der Waals surface area (Å²) in [4.78, 5) is 9.07. The summed E-state index contributed by atoms with van der Waals surface area (Å²) in [7, 11) is -3.70. The van der Waals surface area contributed by atoms with Gasteiger partial charge in [-0.3, -0.25) is 0 Å². The Morgan fingerprint density at radius 3 is 2.70 bits per heavy atom. The van der Waals surface area contributed by atoms with Gasteiger partial charge in [-0.1, -0.05) is 19.1 Å². The zero-order chi connectivity index (χ0) is 21.4. The molecule has 160 valence electrons. The fraction of sp³-hybridized carbons (Fsp3) is 0.300. The van der Waals surface area contributed by atoms with Crippen LogP contribution in [0.3, 0.4) is 0 Å². The average molecular weight is 448 g/mol. The smallest absolute Gasteiger partial charge is 0.238 e. The molecule has 1 unspecified atom stereocenters. The lowest BCUT2D eigenvalue weighted by atomic mass is 10.2. The van der Waals surface area contributed by atoms with Gasteiger partial charge in [0.05, 0.1) is 22.7 Å². The van der Waals surface area contributed by atoms with E-state index in [1.165, 1.54) is 12.1 Å². The molecule has 30 heavy (non-hydrogen) atoms. The van der Waals surface area contributed by atoms with Gasteiger partial charge < -0.3 is 15.1 Å². The van der Waals surface area contributed by atoms with E-state index >= 15 is 0 Å². The number of aromatic nitrogens is 1. The van der Waals surface area contributed by atoms with E-state index in [4.69, 9.17) is 9.56 Å². The Hall–Kier alpha value is -2.69. The van der Waals surface area contributed by atoms with Crippen LogP contribution < -0.4 is 15.8 Å². The maximum atomic E-state index is 11.4. The van der Waals surface area contributed by atoms with Gasteiger partial charge in [-0.2, -0.15) is 0 Å². The summed E-state index contributed by atoms with van der Waals surface area (Å²) in [6.07, 6.45) is 4.20. The Labute approximate surface area is 180 Å². The highest BCUT2D eigenvalue weighted by molar-refractivity contribution is 7.89. The first kappa shape index (κ1) is 22.0. The molecule has 3 aromatic rings. The molecule has 0 bridgehead atoms. The number of hydrogen-bond donors (Lipinski definition) is 3. The van der Waals surface area contributed by atoms with E-state index in [1.807, 2.05) is 17.5 Å². The van der Waals surface area contributed by atoms with E-state index < -0.39 is 10.0 Å². The number of thiazole rings is 1. The van der Waals surface area contributed by atoms with Crippen LogP contribution >= 0.6 is 11.3 Å². The summed E-state index contributed by atoms with van der Waals surface area (Å²) >= 11 is 1.63. The molecular formula is C20H25N5O3S2. The summed E-state index contributed by atoms with van der Waals surface area (Å²) in [5.41, 5.74) is 0.877. The first-order chi connectivity index (χ1) is 14.4. The number of guanidine groups is 1. The number of sulfonamides is 1. The molecule has 0 saturated carbocycles. The van der Waals surface area contributed by atoms with E-state index in [0.29, 0.717) is 25.6 Å². The molecule has 8 nitrogen and oxygen atoms in total. The summed E-state index contributed by atoms with van der Waals surface area (Å²) in [5, 5.41) is 14.8. The second-order valence-corrected chi connectivity index (χ2v) is 9.25. The van der Waals surface area contributed by atoms with Gasteiger partial charge in [-0.15, -0.1) is 11.3 Å². The molecule has 10 heteroatoms. The van der Waals surface area contributed by atoms with Crippen molar-refractivity contribution in [2.75, 3.05) is 13.1 Å². The van der Waals surface area contributed by atoms with Gasteiger partial charge in [0, 0.05) is 37.0 Å². The summed E-state index contributed by atoms with van der Waals surface area (Å²) < 4.78 is 28.1. The lowest BCUT2D eigenvalue weighted by Crippen LogP contribution is -2.40. The van der Waals surface area contributed by atoms with Crippen molar-refractivity contribution in [3.8, 4) is 0 Å². The van der Waals surface area contributed by atoms with Crippen molar-refractivity contribution in [2.24, 2.45) is 10.1 Å². The maximum absolute atomic E-state index is 11.4. The van der Waals surface area contributed by atoms with Gasteiger partial charge in [0.15, 0.2) is 5.96 Å². The molecular weight excluding hydrogens is 422 g/mol. The molecule has 2 aromatic heterocycles. The molecule has 1 aromatic carbocycles. The predicted octanol–water partition coefficient (Wildman–Crippen LogP) is 2.47. The number of nitrogens with one attached hydrogen (secondary N) is 2. The van der Waals surface area contributed by atoms with Crippen molar-refractivity contribution in [3.63, 3.8) is 0 Å². The van der Waals surface area contributed by atoms with Crippen molar-refractivity contribution in [3.05, 3.63) is 70.6 Å². The number of rotatable bonds is 9. The van der Waals surface area contributed by atoms with Gasteiger partial charge in [-0.05, 0) is 29.8 Å². The molecule has 1 atom stereocenters. The van der Waals surface area contributed by atoms with Crippen LogP contribution in [-0.2, 0) is 23.0 Å².